The number of rotatable bonds is 4. The second-order valence-electron chi connectivity index (χ2n) is 8.32. The topological polar surface area (TPSA) is 96.9 Å². The number of nitrogens with zero attached hydrogens (tertiary/aromatic N) is 4. The Bertz CT molecular complexity index is 1140. The van der Waals surface area contributed by atoms with Gasteiger partial charge in [-0.2, -0.15) is 10.2 Å². The van der Waals surface area contributed by atoms with Crippen molar-refractivity contribution in [2.75, 3.05) is 13.1 Å². The molecule has 1 saturated heterocycles. The molecule has 0 bridgehead atoms. The maximum Gasteiger partial charge on any atom is 0.259 e. The Morgan fingerprint density at radius 3 is 2.97 bits per heavy atom. The fourth-order valence-electron chi connectivity index (χ4n) is 4.67. The van der Waals surface area contributed by atoms with Gasteiger partial charge in [0.25, 0.3) is 5.89 Å². The average molecular weight is 401 g/mol. The molecule has 1 aliphatic heterocycles. The van der Waals surface area contributed by atoms with E-state index in [1.165, 1.54) is 17.5 Å². The molecule has 5 rings (SSSR count). The van der Waals surface area contributed by atoms with Crippen molar-refractivity contribution in [3.05, 3.63) is 47.2 Å². The summed E-state index contributed by atoms with van der Waals surface area (Å²) in [5.41, 5.74) is 4.96. The third kappa shape index (κ3) is 3.04. The monoisotopic (exact) mass is 401 g/mol. The Kier molecular flexibility index (Phi) is 4.52. The zero-order valence-electron chi connectivity index (χ0n) is 17.1. The van der Waals surface area contributed by atoms with Crippen molar-refractivity contribution in [3.8, 4) is 34.8 Å². The first-order chi connectivity index (χ1) is 14.6. The van der Waals surface area contributed by atoms with Crippen LogP contribution in [0.2, 0.25) is 0 Å². The minimum absolute atomic E-state index is 0.0657. The number of nitriles is 1. The SMILES string of the molecule is CC(C)Oc1ncc(-c2nc(-c3cccc4c3CCC43CCNC3)no2)cc1C#N. The summed E-state index contributed by atoms with van der Waals surface area (Å²) < 4.78 is 11.1. The van der Waals surface area contributed by atoms with Gasteiger partial charge in [-0.15, -0.1) is 0 Å². The molecule has 0 amide bonds. The lowest BCUT2D eigenvalue weighted by Gasteiger charge is -2.23. The van der Waals surface area contributed by atoms with Gasteiger partial charge >= 0.3 is 0 Å². The Labute approximate surface area is 175 Å². The summed E-state index contributed by atoms with van der Waals surface area (Å²) in [4.78, 5) is 8.90. The van der Waals surface area contributed by atoms with E-state index in [0.717, 1.165) is 31.5 Å². The summed E-state index contributed by atoms with van der Waals surface area (Å²) in [7, 11) is 0. The van der Waals surface area contributed by atoms with E-state index in [4.69, 9.17) is 9.26 Å². The van der Waals surface area contributed by atoms with E-state index in [1.807, 2.05) is 13.8 Å². The fourth-order valence-corrected chi connectivity index (χ4v) is 4.67. The number of fused-ring (bicyclic) bond motifs is 2. The van der Waals surface area contributed by atoms with Crippen LogP contribution in [0, 0.1) is 11.3 Å². The van der Waals surface area contributed by atoms with Crippen LogP contribution in [0.15, 0.2) is 35.0 Å². The van der Waals surface area contributed by atoms with Crippen molar-refractivity contribution in [2.24, 2.45) is 0 Å². The van der Waals surface area contributed by atoms with E-state index < -0.39 is 0 Å². The summed E-state index contributed by atoms with van der Waals surface area (Å²) in [6.07, 6.45) is 4.89. The molecule has 1 aliphatic carbocycles. The molecule has 1 aromatic carbocycles. The van der Waals surface area contributed by atoms with Crippen LogP contribution in [-0.4, -0.2) is 34.3 Å². The molecule has 7 heteroatoms. The van der Waals surface area contributed by atoms with Crippen LogP contribution in [0.5, 0.6) is 5.88 Å². The highest BCUT2D eigenvalue weighted by atomic mass is 16.5. The Hall–Kier alpha value is -3.24. The molecule has 1 atom stereocenters. The van der Waals surface area contributed by atoms with E-state index in [9.17, 15) is 5.26 Å². The summed E-state index contributed by atoms with van der Waals surface area (Å²) in [6, 6.07) is 10.2. The molecule has 0 radical (unpaired) electrons. The fraction of sp³-hybridized carbons (Fsp3) is 0.391. The van der Waals surface area contributed by atoms with Crippen molar-refractivity contribution >= 4 is 0 Å². The van der Waals surface area contributed by atoms with Gasteiger partial charge < -0.3 is 14.6 Å². The van der Waals surface area contributed by atoms with Crippen LogP contribution in [0.4, 0.5) is 0 Å². The van der Waals surface area contributed by atoms with Gasteiger partial charge in [0.05, 0.1) is 11.7 Å². The van der Waals surface area contributed by atoms with Crippen LogP contribution in [-0.2, 0) is 11.8 Å². The predicted octanol–water partition coefficient (Wildman–Crippen LogP) is 3.63. The van der Waals surface area contributed by atoms with Crippen molar-refractivity contribution in [1.29, 1.82) is 5.26 Å². The van der Waals surface area contributed by atoms with E-state index in [0.29, 0.717) is 28.7 Å². The lowest BCUT2D eigenvalue weighted by Crippen LogP contribution is -2.25. The second-order valence-corrected chi connectivity index (χ2v) is 8.32. The van der Waals surface area contributed by atoms with Crippen LogP contribution in [0.3, 0.4) is 0 Å². The van der Waals surface area contributed by atoms with Crippen molar-refractivity contribution in [1.82, 2.24) is 20.4 Å². The molecule has 152 valence electrons. The second kappa shape index (κ2) is 7.22. The number of nitrogens with one attached hydrogen (secondary N) is 1. The first-order valence-corrected chi connectivity index (χ1v) is 10.3. The van der Waals surface area contributed by atoms with Crippen LogP contribution < -0.4 is 10.1 Å². The molecule has 1 spiro atoms. The minimum atomic E-state index is -0.0657. The standard InChI is InChI=1S/C23H23N5O2/c1-14(2)29-21-15(11-24)10-16(12-26-21)22-27-20(28-30-22)18-4-3-5-19-17(18)6-7-23(19)8-9-25-13-23/h3-5,10,12,14,25H,6-9,13H2,1-2H3. The third-order valence-corrected chi connectivity index (χ3v) is 6.08. The van der Waals surface area contributed by atoms with Crippen molar-refractivity contribution in [2.45, 2.75) is 44.6 Å². The summed E-state index contributed by atoms with van der Waals surface area (Å²) in [6.45, 7) is 5.89. The van der Waals surface area contributed by atoms with Gasteiger partial charge in [-0.1, -0.05) is 23.4 Å². The molecule has 2 aliphatic rings. The summed E-state index contributed by atoms with van der Waals surface area (Å²) in [5.74, 6) is 1.23. The van der Waals surface area contributed by atoms with E-state index in [1.54, 1.807) is 12.3 Å². The normalized spacial score (nSPS) is 19.9. The minimum Gasteiger partial charge on any atom is -0.474 e. The zero-order valence-corrected chi connectivity index (χ0v) is 17.1. The van der Waals surface area contributed by atoms with Gasteiger partial charge in [0.15, 0.2) is 0 Å². The number of pyridine rings is 1. The Morgan fingerprint density at radius 2 is 2.20 bits per heavy atom. The van der Waals surface area contributed by atoms with Gasteiger partial charge in [-0.3, -0.25) is 0 Å². The lowest BCUT2D eigenvalue weighted by molar-refractivity contribution is 0.232. The van der Waals surface area contributed by atoms with Crippen LogP contribution in [0.25, 0.3) is 22.8 Å². The van der Waals surface area contributed by atoms with E-state index in [-0.39, 0.29) is 11.5 Å². The van der Waals surface area contributed by atoms with Gasteiger partial charge in [-0.25, -0.2) is 4.98 Å². The maximum absolute atomic E-state index is 9.45. The molecule has 3 heterocycles. The molecule has 0 saturated carbocycles. The molecule has 1 unspecified atom stereocenters. The van der Waals surface area contributed by atoms with E-state index >= 15 is 0 Å². The number of hydrogen-bond acceptors (Lipinski definition) is 7. The highest BCUT2D eigenvalue weighted by Crippen LogP contribution is 2.46. The molecule has 7 nitrogen and oxygen atoms in total. The molecule has 2 aromatic heterocycles. The van der Waals surface area contributed by atoms with Gasteiger partial charge in [-0.05, 0) is 56.8 Å². The maximum atomic E-state index is 9.45. The first kappa shape index (κ1) is 18.8. The van der Waals surface area contributed by atoms with Crippen molar-refractivity contribution in [3.63, 3.8) is 0 Å². The zero-order chi connectivity index (χ0) is 20.7. The van der Waals surface area contributed by atoms with Crippen molar-refractivity contribution < 1.29 is 9.26 Å². The van der Waals surface area contributed by atoms with Gasteiger partial charge in [0.2, 0.25) is 11.7 Å². The summed E-state index contributed by atoms with van der Waals surface area (Å²) in [5, 5.41) is 17.2. The van der Waals surface area contributed by atoms with Crippen LogP contribution in [0.1, 0.15) is 43.4 Å². The highest BCUT2D eigenvalue weighted by Gasteiger charge is 2.42. The molecule has 1 N–H and O–H groups in total. The average Bonchev–Trinajstić information content (AvgIpc) is 3.49. The van der Waals surface area contributed by atoms with Crippen LogP contribution >= 0.6 is 0 Å². The molecular formula is C23H23N5O2. The molecule has 30 heavy (non-hydrogen) atoms. The van der Waals surface area contributed by atoms with E-state index in [2.05, 4.69) is 44.7 Å². The predicted molar refractivity (Wildman–Crippen MR) is 111 cm³/mol. The molecule has 3 aromatic rings. The number of ether oxygens (including phenoxy) is 1. The molecular weight excluding hydrogens is 378 g/mol. The largest absolute Gasteiger partial charge is 0.474 e. The quantitative estimate of drug-likeness (QED) is 0.713. The summed E-state index contributed by atoms with van der Waals surface area (Å²) >= 11 is 0. The van der Waals surface area contributed by atoms with Gasteiger partial charge in [0, 0.05) is 23.7 Å². The Morgan fingerprint density at radius 1 is 1.30 bits per heavy atom. The third-order valence-electron chi connectivity index (χ3n) is 6.08. The molecule has 1 fully saturated rings. The number of benzene rings is 1. The number of aromatic nitrogens is 3. The Balaban J connectivity index is 1.49. The first-order valence-electron chi connectivity index (χ1n) is 10.3. The smallest absolute Gasteiger partial charge is 0.259 e. The number of hydrogen-bond donors (Lipinski definition) is 1. The van der Waals surface area contributed by atoms with Gasteiger partial charge in [0.1, 0.15) is 11.6 Å². The highest BCUT2D eigenvalue weighted by molar-refractivity contribution is 5.67. The lowest BCUT2D eigenvalue weighted by atomic mass is 9.81.